The minimum absolute atomic E-state index is 0.0716. The summed E-state index contributed by atoms with van der Waals surface area (Å²) in [4.78, 5) is 12.9. The molecular formula is C28H39NO2. The molecular weight excluding hydrogens is 382 g/mol. The summed E-state index contributed by atoms with van der Waals surface area (Å²) < 4.78 is 5.96. The third kappa shape index (κ3) is 6.43. The quantitative estimate of drug-likeness (QED) is 0.520. The van der Waals surface area contributed by atoms with Crippen LogP contribution in [0.15, 0.2) is 60.7 Å². The number of amides is 1. The first-order valence-corrected chi connectivity index (χ1v) is 11.8. The lowest BCUT2D eigenvalue weighted by Crippen LogP contribution is -2.37. The van der Waals surface area contributed by atoms with Gasteiger partial charge < -0.3 is 10.1 Å². The van der Waals surface area contributed by atoms with Crippen molar-refractivity contribution in [1.82, 2.24) is 5.32 Å². The average molecular weight is 422 g/mol. The van der Waals surface area contributed by atoms with Gasteiger partial charge in [-0.1, -0.05) is 74.5 Å². The maximum Gasteiger partial charge on any atom is 0.220 e. The number of hydrogen-bond donors (Lipinski definition) is 1. The topological polar surface area (TPSA) is 38.3 Å². The molecule has 0 aromatic heterocycles. The molecule has 3 rings (SSSR count). The molecule has 1 N–H and O–H groups in total. The zero-order chi connectivity index (χ0) is 22.3. The number of hydrogen-bond acceptors (Lipinski definition) is 2. The summed E-state index contributed by atoms with van der Waals surface area (Å²) >= 11 is 0. The molecule has 1 amide bonds. The molecule has 2 aromatic rings. The lowest BCUT2D eigenvalue weighted by atomic mass is 9.75. The number of rotatable bonds is 9. The van der Waals surface area contributed by atoms with E-state index in [0.717, 1.165) is 32.3 Å². The van der Waals surface area contributed by atoms with Crippen molar-refractivity contribution >= 4 is 5.91 Å². The number of benzene rings is 2. The first kappa shape index (κ1) is 23.5. The van der Waals surface area contributed by atoms with E-state index in [1.54, 1.807) is 0 Å². The maximum atomic E-state index is 12.9. The molecule has 0 unspecified atom stereocenters. The van der Waals surface area contributed by atoms with Gasteiger partial charge in [0.2, 0.25) is 5.91 Å². The Morgan fingerprint density at radius 2 is 1.77 bits per heavy atom. The third-order valence-corrected chi connectivity index (χ3v) is 7.11. The van der Waals surface area contributed by atoms with Gasteiger partial charge in [0, 0.05) is 25.0 Å². The maximum absolute atomic E-state index is 12.9. The van der Waals surface area contributed by atoms with Crippen molar-refractivity contribution in [3.8, 4) is 0 Å². The Morgan fingerprint density at radius 1 is 1.13 bits per heavy atom. The molecule has 0 spiro atoms. The van der Waals surface area contributed by atoms with Gasteiger partial charge >= 0.3 is 0 Å². The molecule has 3 nitrogen and oxygen atoms in total. The molecule has 0 saturated carbocycles. The van der Waals surface area contributed by atoms with Crippen LogP contribution in [0.3, 0.4) is 0 Å². The number of ether oxygens (including phenoxy) is 1. The Morgan fingerprint density at radius 3 is 2.39 bits per heavy atom. The van der Waals surface area contributed by atoms with Gasteiger partial charge in [-0.25, -0.2) is 0 Å². The van der Waals surface area contributed by atoms with Gasteiger partial charge in [0.25, 0.3) is 0 Å². The van der Waals surface area contributed by atoms with Gasteiger partial charge in [-0.2, -0.15) is 0 Å². The van der Waals surface area contributed by atoms with Gasteiger partial charge in [0.1, 0.15) is 0 Å². The van der Waals surface area contributed by atoms with E-state index < -0.39 is 0 Å². The molecule has 0 bridgehead atoms. The Hall–Kier alpha value is -2.13. The van der Waals surface area contributed by atoms with Crippen molar-refractivity contribution in [1.29, 1.82) is 0 Å². The van der Waals surface area contributed by atoms with E-state index in [9.17, 15) is 4.79 Å². The predicted molar refractivity (Wildman–Crippen MR) is 128 cm³/mol. The first-order chi connectivity index (χ1) is 14.8. The zero-order valence-electron chi connectivity index (χ0n) is 19.7. The highest BCUT2D eigenvalue weighted by molar-refractivity contribution is 5.77. The van der Waals surface area contributed by atoms with Crippen molar-refractivity contribution in [2.24, 2.45) is 5.92 Å². The Bertz CT molecular complexity index is 817. The highest BCUT2D eigenvalue weighted by Gasteiger charge is 2.34. The SMILES string of the molecule is CC[C@](C)(CC(=O)NCC[C@H](c1ccccc1)[C@@H]1CCOC(C)(C)C1)c1ccccc1. The number of carbonyl (C=O) groups is 1. The van der Waals surface area contributed by atoms with Crippen LogP contribution in [0.25, 0.3) is 0 Å². The molecule has 3 heteroatoms. The summed E-state index contributed by atoms with van der Waals surface area (Å²) in [5.74, 6) is 1.16. The summed E-state index contributed by atoms with van der Waals surface area (Å²) in [5.41, 5.74) is 2.41. The molecule has 31 heavy (non-hydrogen) atoms. The zero-order valence-corrected chi connectivity index (χ0v) is 19.7. The number of nitrogens with one attached hydrogen (secondary N) is 1. The van der Waals surface area contributed by atoms with E-state index in [2.05, 4.69) is 87.6 Å². The standard InChI is InChI=1S/C28H39NO2/c1-5-28(4,24-14-10-7-11-15-24)21-26(30)29-18-16-25(22-12-8-6-9-13-22)23-17-19-31-27(2,3)20-23/h6-15,23,25H,5,16-21H2,1-4H3,(H,29,30)/t23-,25-,28-/m1/s1. The third-order valence-electron chi connectivity index (χ3n) is 7.11. The first-order valence-electron chi connectivity index (χ1n) is 11.8. The van der Waals surface area contributed by atoms with Crippen LogP contribution in [0.5, 0.6) is 0 Å². The molecule has 1 saturated heterocycles. The fraction of sp³-hybridized carbons (Fsp3) is 0.536. The van der Waals surface area contributed by atoms with Gasteiger partial charge in [0.15, 0.2) is 0 Å². The highest BCUT2D eigenvalue weighted by atomic mass is 16.5. The van der Waals surface area contributed by atoms with Crippen LogP contribution in [0, 0.1) is 5.92 Å². The van der Waals surface area contributed by atoms with Crippen LogP contribution in [0.2, 0.25) is 0 Å². The van der Waals surface area contributed by atoms with E-state index in [-0.39, 0.29) is 16.9 Å². The van der Waals surface area contributed by atoms with Crippen LogP contribution >= 0.6 is 0 Å². The lowest BCUT2D eigenvalue weighted by molar-refractivity contribution is -0.122. The van der Waals surface area contributed by atoms with E-state index >= 15 is 0 Å². The summed E-state index contributed by atoms with van der Waals surface area (Å²) in [5, 5.41) is 3.23. The summed E-state index contributed by atoms with van der Waals surface area (Å²) in [7, 11) is 0. The minimum Gasteiger partial charge on any atom is -0.376 e. The molecule has 1 aliphatic heterocycles. The van der Waals surface area contributed by atoms with Crippen LogP contribution in [0.4, 0.5) is 0 Å². The lowest BCUT2D eigenvalue weighted by Gasteiger charge is -2.39. The van der Waals surface area contributed by atoms with Gasteiger partial charge in [0.05, 0.1) is 5.60 Å². The van der Waals surface area contributed by atoms with Gasteiger partial charge in [-0.3, -0.25) is 4.79 Å². The smallest absolute Gasteiger partial charge is 0.220 e. The Labute approximate surface area is 188 Å². The van der Waals surface area contributed by atoms with Crippen molar-refractivity contribution in [3.63, 3.8) is 0 Å². The van der Waals surface area contributed by atoms with Crippen LogP contribution in [-0.4, -0.2) is 24.7 Å². The normalized spacial score (nSPS) is 21.1. The molecule has 3 atom stereocenters. The molecule has 2 aromatic carbocycles. The van der Waals surface area contributed by atoms with Crippen LogP contribution < -0.4 is 5.32 Å². The van der Waals surface area contributed by atoms with Crippen LogP contribution in [-0.2, 0) is 14.9 Å². The van der Waals surface area contributed by atoms with Crippen molar-refractivity contribution < 1.29 is 9.53 Å². The largest absolute Gasteiger partial charge is 0.376 e. The van der Waals surface area contributed by atoms with Crippen molar-refractivity contribution in [3.05, 3.63) is 71.8 Å². The van der Waals surface area contributed by atoms with Crippen molar-refractivity contribution in [2.45, 2.75) is 76.7 Å². The summed E-state index contributed by atoms with van der Waals surface area (Å²) in [6, 6.07) is 21.2. The molecule has 1 aliphatic rings. The van der Waals surface area contributed by atoms with Gasteiger partial charge in [-0.05, 0) is 62.5 Å². The molecule has 1 heterocycles. The second kappa shape index (κ2) is 10.5. The fourth-order valence-electron chi connectivity index (χ4n) is 5.05. The van der Waals surface area contributed by atoms with Crippen LogP contribution in [0.1, 0.15) is 76.8 Å². The monoisotopic (exact) mass is 421 g/mol. The highest BCUT2D eigenvalue weighted by Crippen LogP contribution is 2.39. The van der Waals surface area contributed by atoms with Gasteiger partial charge in [-0.15, -0.1) is 0 Å². The number of carbonyl (C=O) groups excluding carboxylic acids is 1. The molecule has 0 aliphatic carbocycles. The van der Waals surface area contributed by atoms with Crippen molar-refractivity contribution in [2.75, 3.05) is 13.2 Å². The summed E-state index contributed by atoms with van der Waals surface area (Å²) in [6.45, 7) is 10.3. The van der Waals surface area contributed by atoms with E-state index in [1.165, 1.54) is 11.1 Å². The van der Waals surface area contributed by atoms with E-state index in [1.807, 2.05) is 6.07 Å². The predicted octanol–water partition coefficient (Wildman–Crippen LogP) is 6.24. The van der Waals surface area contributed by atoms with E-state index in [0.29, 0.717) is 24.8 Å². The second-order valence-corrected chi connectivity index (χ2v) is 9.97. The fourth-order valence-corrected chi connectivity index (χ4v) is 5.05. The molecule has 0 radical (unpaired) electrons. The Kier molecular flexibility index (Phi) is 7.94. The average Bonchev–Trinajstić information content (AvgIpc) is 2.77. The second-order valence-electron chi connectivity index (χ2n) is 9.97. The molecule has 1 fully saturated rings. The summed E-state index contributed by atoms with van der Waals surface area (Å²) in [6.07, 6.45) is 4.56. The Balaban J connectivity index is 1.62. The van der Waals surface area contributed by atoms with E-state index in [4.69, 9.17) is 4.74 Å². The molecule has 168 valence electrons. The minimum atomic E-state index is -0.130.